The number of carbonyl (C=O) groups is 4. The van der Waals surface area contributed by atoms with Crippen LogP contribution in [0.1, 0.15) is 36.3 Å². The zero-order valence-electron chi connectivity index (χ0n) is 19.1. The van der Waals surface area contributed by atoms with Crippen LogP contribution >= 0.6 is 0 Å². The van der Waals surface area contributed by atoms with Gasteiger partial charge in [0.15, 0.2) is 0 Å². The van der Waals surface area contributed by atoms with Gasteiger partial charge in [0, 0.05) is 31.4 Å². The molecule has 1 fully saturated rings. The molecule has 1 saturated heterocycles. The number of hydrogen-bond acceptors (Lipinski definition) is 6. The Labute approximate surface area is 197 Å². The maximum absolute atomic E-state index is 13.4. The van der Waals surface area contributed by atoms with Crippen molar-refractivity contribution >= 4 is 23.8 Å². The molecule has 5 N–H and O–H groups in total. The quantitative estimate of drug-likeness (QED) is 0.427. The third-order valence-corrected chi connectivity index (χ3v) is 5.39. The number of nitrogens with zero attached hydrogens (tertiary/aromatic N) is 3. The standard InChI is InChI=1S/C23H29N7O4/c1-14(2)27-23(34)29-16-8-11-30(22(33)18-13-25-9-10-26-18)19(16)21(32)28-17(20(24)31)12-15-6-4-3-5-7-15/h3-7,9-10,13-14,16-17,19H,8,11-12H2,1-2H3,(H2,24,31)(H,28,32)(H2,27,29,34)/t16-,17+,19-/m0/s1. The molecule has 0 radical (unpaired) electrons. The largest absolute Gasteiger partial charge is 0.368 e. The van der Waals surface area contributed by atoms with Crippen molar-refractivity contribution in [2.45, 2.75) is 50.9 Å². The summed E-state index contributed by atoms with van der Waals surface area (Å²) in [6.45, 7) is 3.83. The van der Waals surface area contributed by atoms with Gasteiger partial charge in [-0.05, 0) is 25.8 Å². The van der Waals surface area contributed by atoms with Crippen LogP contribution in [0.3, 0.4) is 0 Å². The Bertz CT molecular complexity index is 1020. The Morgan fingerprint density at radius 1 is 1.12 bits per heavy atom. The first-order chi connectivity index (χ1) is 16.3. The minimum atomic E-state index is -1.06. The highest BCUT2D eigenvalue weighted by Crippen LogP contribution is 2.21. The van der Waals surface area contributed by atoms with Crippen LogP contribution < -0.4 is 21.7 Å². The highest BCUT2D eigenvalue weighted by molar-refractivity contribution is 5.98. The number of carbonyl (C=O) groups excluding carboxylic acids is 4. The molecule has 1 aliphatic rings. The smallest absolute Gasteiger partial charge is 0.315 e. The van der Waals surface area contributed by atoms with Crippen LogP contribution in [-0.4, -0.2) is 69.3 Å². The summed E-state index contributed by atoms with van der Waals surface area (Å²) in [6.07, 6.45) is 4.67. The SMILES string of the molecule is CC(C)NC(=O)N[C@H]1CCN(C(=O)c2cnccn2)[C@@H]1C(=O)N[C@H](Cc1ccccc1)C(N)=O. The summed E-state index contributed by atoms with van der Waals surface area (Å²) in [7, 11) is 0. The van der Waals surface area contributed by atoms with Gasteiger partial charge in [0.1, 0.15) is 17.8 Å². The molecule has 1 aliphatic heterocycles. The lowest BCUT2D eigenvalue weighted by Gasteiger charge is -2.29. The zero-order chi connectivity index (χ0) is 24.7. The third kappa shape index (κ3) is 6.27. The summed E-state index contributed by atoms with van der Waals surface area (Å²) in [5.41, 5.74) is 6.44. The fourth-order valence-electron chi connectivity index (χ4n) is 3.85. The van der Waals surface area contributed by atoms with Crippen molar-refractivity contribution in [3.8, 4) is 0 Å². The molecule has 3 atom stereocenters. The van der Waals surface area contributed by atoms with Gasteiger partial charge in [0.25, 0.3) is 5.91 Å². The number of primary amides is 1. The van der Waals surface area contributed by atoms with E-state index in [-0.39, 0.29) is 24.7 Å². The molecule has 0 spiro atoms. The Morgan fingerprint density at radius 3 is 2.47 bits per heavy atom. The van der Waals surface area contributed by atoms with Crippen molar-refractivity contribution in [2.24, 2.45) is 5.73 Å². The van der Waals surface area contributed by atoms with Crippen LogP contribution in [0.5, 0.6) is 0 Å². The molecule has 2 heterocycles. The zero-order valence-corrected chi connectivity index (χ0v) is 19.1. The molecular formula is C23H29N7O4. The first-order valence-corrected chi connectivity index (χ1v) is 11.0. The van der Waals surface area contributed by atoms with Gasteiger partial charge in [-0.1, -0.05) is 30.3 Å². The van der Waals surface area contributed by atoms with Gasteiger partial charge in [0.05, 0.1) is 12.2 Å². The van der Waals surface area contributed by atoms with Crippen molar-refractivity contribution in [3.63, 3.8) is 0 Å². The van der Waals surface area contributed by atoms with E-state index in [1.165, 1.54) is 23.5 Å². The maximum atomic E-state index is 13.4. The molecule has 11 nitrogen and oxygen atoms in total. The van der Waals surface area contributed by atoms with Crippen LogP contribution in [0.25, 0.3) is 0 Å². The minimum Gasteiger partial charge on any atom is -0.368 e. The minimum absolute atomic E-state index is 0.0725. The molecular weight excluding hydrogens is 438 g/mol. The van der Waals surface area contributed by atoms with Gasteiger partial charge < -0.3 is 26.6 Å². The molecule has 11 heteroatoms. The lowest BCUT2D eigenvalue weighted by molar-refractivity contribution is -0.130. The number of urea groups is 1. The van der Waals surface area contributed by atoms with Gasteiger partial charge in [-0.2, -0.15) is 0 Å². The van der Waals surface area contributed by atoms with E-state index in [1.54, 1.807) is 0 Å². The summed E-state index contributed by atoms with van der Waals surface area (Å²) in [6, 6.07) is 5.82. The van der Waals surface area contributed by atoms with Gasteiger partial charge in [-0.15, -0.1) is 0 Å². The second-order valence-electron chi connectivity index (χ2n) is 8.35. The average molecular weight is 468 g/mol. The second kappa shape index (κ2) is 11.2. The Hall–Kier alpha value is -4.02. The van der Waals surface area contributed by atoms with Crippen LogP contribution in [0.15, 0.2) is 48.9 Å². The fourth-order valence-corrected chi connectivity index (χ4v) is 3.85. The van der Waals surface area contributed by atoms with Crippen molar-refractivity contribution in [3.05, 3.63) is 60.2 Å². The van der Waals surface area contributed by atoms with E-state index < -0.39 is 41.9 Å². The number of nitrogens with one attached hydrogen (secondary N) is 3. The van der Waals surface area contributed by atoms with Gasteiger partial charge in [0.2, 0.25) is 11.8 Å². The Morgan fingerprint density at radius 2 is 1.85 bits per heavy atom. The van der Waals surface area contributed by atoms with E-state index in [0.717, 1.165) is 5.56 Å². The highest BCUT2D eigenvalue weighted by atomic mass is 16.2. The molecule has 1 aromatic heterocycles. The monoisotopic (exact) mass is 467 g/mol. The molecule has 0 bridgehead atoms. The highest BCUT2D eigenvalue weighted by Gasteiger charge is 2.44. The van der Waals surface area contributed by atoms with E-state index in [2.05, 4.69) is 25.9 Å². The summed E-state index contributed by atoms with van der Waals surface area (Å²) >= 11 is 0. The predicted molar refractivity (Wildman–Crippen MR) is 123 cm³/mol. The van der Waals surface area contributed by atoms with Crippen LogP contribution in [-0.2, 0) is 16.0 Å². The van der Waals surface area contributed by atoms with E-state index >= 15 is 0 Å². The molecule has 0 aliphatic carbocycles. The first-order valence-electron chi connectivity index (χ1n) is 11.0. The molecule has 180 valence electrons. The summed E-state index contributed by atoms with van der Waals surface area (Å²) in [5.74, 6) is -1.80. The predicted octanol–water partition coefficient (Wildman–Crippen LogP) is -0.0199. The van der Waals surface area contributed by atoms with E-state index in [4.69, 9.17) is 5.73 Å². The van der Waals surface area contributed by atoms with Crippen LogP contribution in [0.2, 0.25) is 0 Å². The Kier molecular flexibility index (Phi) is 8.12. The van der Waals surface area contributed by atoms with Gasteiger partial charge in [-0.3, -0.25) is 19.4 Å². The fraction of sp³-hybridized carbons (Fsp3) is 0.391. The number of likely N-dealkylation sites (tertiary alicyclic amines) is 1. The number of benzene rings is 1. The van der Waals surface area contributed by atoms with Crippen molar-refractivity contribution in [2.75, 3.05) is 6.54 Å². The second-order valence-corrected chi connectivity index (χ2v) is 8.35. The number of nitrogens with two attached hydrogens (primary N) is 1. The van der Waals surface area contributed by atoms with Crippen LogP contribution in [0.4, 0.5) is 4.79 Å². The molecule has 2 aromatic rings. The number of aromatic nitrogens is 2. The topological polar surface area (TPSA) is 159 Å². The molecule has 5 amide bonds. The van der Waals surface area contributed by atoms with E-state index in [9.17, 15) is 19.2 Å². The lowest BCUT2D eigenvalue weighted by atomic mass is 10.0. The summed E-state index contributed by atoms with van der Waals surface area (Å²) < 4.78 is 0. The first kappa shape index (κ1) is 24.6. The molecule has 1 aromatic carbocycles. The Balaban J connectivity index is 1.82. The third-order valence-electron chi connectivity index (χ3n) is 5.39. The van der Waals surface area contributed by atoms with Gasteiger partial charge >= 0.3 is 6.03 Å². The lowest BCUT2D eigenvalue weighted by Crippen LogP contribution is -2.59. The van der Waals surface area contributed by atoms with Crippen molar-refractivity contribution < 1.29 is 19.2 Å². The van der Waals surface area contributed by atoms with E-state index in [0.29, 0.717) is 6.42 Å². The van der Waals surface area contributed by atoms with Gasteiger partial charge in [-0.25, -0.2) is 9.78 Å². The van der Waals surface area contributed by atoms with E-state index in [1.807, 2.05) is 44.2 Å². The molecule has 3 rings (SSSR count). The summed E-state index contributed by atoms with van der Waals surface area (Å²) in [5, 5.41) is 8.16. The molecule has 34 heavy (non-hydrogen) atoms. The van der Waals surface area contributed by atoms with Crippen LogP contribution in [0, 0.1) is 0 Å². The average Bonchev–Trinajstić information content (AvgIpc) is 3.22. The number of rotatable bonds is 8. The number of amides is 5. The molecule has 0 unspecified atom stereocenters. The molecule has 0 saturated carbocycles. The maximum Gasteiger partial charge on any atom is 0.315 e. The number of hydrogen-bond donors (Lipinski definition) is 4. The van der Waals surface area contributed by atoms with Crippen molar-refractivity contribution in [1.82, 2.24) is 30.8 Å². The summed E-state index contributed by atoms with van der Waals surface area (Å²) in [4.78, 5) is 60.2. The van der Waals surface area contributed by atoms with Crippen molar-refractivity contribution in [1.29, 1.82) is 0 Å². The normalized spacial score (nSPS) is 18.3.